The highest BCUT2D eigenvalue weighted by Gasteiger charge is 2.07. The van der Waals surface area contributed by atoms with Crippen LogP contribution in [0.3, 0.4) is 0 Å². The minimum atomic E-state index is 0.117. The standard InChI is InChI=1S/C15H15NO/c1-11-4-3-5-13(6-11)8-15(17)14-7-12(2)9-16-10-14/h3-7,9-10H,8H2,1-2H3. The van der Waals surface area contributed by atoms with Crippen molar-refractivity contribution in [2.45, 2.75) is 20.3 Å². The third-order valence-corrected chi connectivity index (χ3v) is 2.64. The van der Waals surface area contributed by atoms with Gasteiger partial charge in [-0.1, -0.05) is 29.8 Å². The van der Waals surface area contributed by atoms with E-state index in [1.54, 1.807) is 12.4 Å². The van der Waals surface area contributed by atoms with Crippen molar-refractivity contribution in [2.24, 2.45) is 0 Å². The van der Waals surface area contributed by atoms with E-state index in [1.807, 2.05) is 44.2 Å². The highest BCUT2D eigenvalue weighted by atomic mass is 16.1. The minimum absolute atomic E-state index is 0.117. The molecule has 0 bridgehead atoms. The first-order valence-electron chi connectivity index (χ1n) is 5.65. The van der Waals surface area contributed by atoms with Gasteiger partial charge in [-0.3, -0.25) is 9.78 Å². The van der Waals surface area contributed by atoms with Crippen LogP contribution in [0.4, 0.5) is 0 Å². The molecule has 2 heteroatoms. The number of benzene rings is 1. The molecule has 2 aromatic rings. The molecule has 0 radical (unpaired) electrons. The molecular weight excluding hydrogens is 210 g/mol. The van der Waals surface area contributed by atoms with E-state index in [-0.39, 0.29) is 5.78 Å². The van der Waals surface area contributed by atoms with Crippen LogP contribution in [0.1, 0.15) is 27.0 Å². The Kier molecular flexibility index (Phi) is 3.33. The number of hydrogen-bond donors (Lipinski definition) is 0. The average Bonchev–Trinajstić information content (AvgIpc) is 2.29. The molecule has 86 valence electrons. The number of nitrogens with zero attached hydrogens (tertiary/aromatic N) is 1. The first kappa shape index (κ1) is 11.5. The fraction of sp³-hybridized carbons (Fsp3) is 0.200. The first-order valence-corrected chi connectivity index (χ1v) is 5.65. The maximum atomic E-state index is 12.0. The number of Topliss-reactive ketones (excluding diaryl/α,β-unsaturated/α-hetero) is 1. The second kappa shape index (κ2) is 4.91. The van der Waals surface area contributed by atoms with E-state index >= 15 is 0 Å². The maximum Gasteiger partial charge on any atom is 0.168 e. The van der Waals surface area contributed by atoms with Gasteiger partial charge in [-0.25, -0.2) is 0 Å². The summed E-state index contributed by atoms with van der Waals surface area (Å²) in [6, 6.07) is 9.91. The van der Waals surface area contributed by atoms with Crippen molar-refractivity contribution >= 4 is 5.78 Å². The van der Waals surface area contributed by atoms with Crippen LogP contribution < -0.4 is 0 Å². The second-order valence-electron chi connectivity index (χ2n) is 4.34. The Morgan fingerprint density at radius 3 is 2.65 bits per heavy atom. The van der Waals surface area contributed by atoms with Gasteiger partial charge in [-0.2, -0.15) is 0 Å². The number of hydrogen-bond acceptors (Lipinski definition) is 2. The zero-order valence-corrected chi connectivity index (χ0v) is 10.1. The molecule has 0 amide bonds. The van der Waals surface area contributed by atoms with Gasteiger partial charge in [0.2, 0.25) is 0 Å². The van der Waals surface area contributed by atoms with E-state index < -0.39 is 0 Å². The molecular formula is C15H15NO. The van der Waals surface area contributed by atoms with Crippen LogP contribution in [0, 0.1) is 13.8 Å². The fourth-order valence-corrected chi connectivity index (χ4v) is 1.82. The van der Waals surface area contributed by atoms with Crippen LogP contribution in [-0.4, -0.2) is 10.8 Å². The predicted molar refractivity (Wildman–Crippen MR) is 68.2 cm³/mol. The van der Waals surface area contributed by atoms with E-state index in [4.69, 9.17) is 0 Å². The molecule has 17 heavy (non-hydrogen) atoms. The van der Waals surface area contributed by atoms with E-state index in [1.165, 1.54) is 5.56 Å². The van der Waals surface area contributed by atoms with Gasteiger partial charge in [-0.05, 0) is 31.0 Å². The number of aromatic nitrogens is 1. The van der Waals surface area contributed by atoms with Crippen molar-refractivity contribution in [3.05, 3.63) is 65.0 Å². The maximum absolute atomic E-state index is 12.0. The molecule has 0 aliphatic carbocycles. The minimum Gasteiger partial charge on any atom is -0.294 e. The Hall–Kier alpha value is -1.96. The number of pyridine rings is 1. The summed E-state index contributed by atoms with van der Waals surface area (Å²) in [6.07, 6.45) is 3.82. The number of aryl methyl sites for hydroxylation is 2. The van der Waals surface area contributed by atoms with Crippen LogP contribution >= 0.6 is 0 Å². The lowest BCUT2D eigenvalue weighted by atomic mass is 10.0. The van der Waals surface area contributed by atoms with E-state index in [9.17, 15) is 4.79 Å². The molecule has 2 rings (SSSR count). The fourth-order valence-electron chi connectivity index (χ4n) is 1.82. The van der Waals surface area contributed by atoms with Crippen molar-refractivity contribution in [1.29, 1.82) is 0 Å². The summed E-state index contributed by atoms with van der Waals surface area (Å²) in [5.41, 5.74) is 3.93. The van der Waals surface area contributed by atoms with Gasteiger partial charge >= 0.3 is 0 Å². The van der Waals surface area contributed by atoms with Gasteiger partial charge in [0.05, 0.1) is 0 Å². The van der Waals surface area contributed by atoms with Crippen LogP contribution in [-0.2, 0) is 6.42 Å². The smallest absolute Gasteiger partial charge is 0.168 e. The quantitative estimate of drug-likeness (QED) is 0.751. The van der Waals surface area contributed by atoms with Crippen LogP contribution in [0.2, 0.25) is 0 Å². The van der Waals surface area contributed by atoms with Gasteiger partial charge in [0.25, 0.3) is 0 Å². The lowest BCUT2D eigenvalue weighted by Gasteiger charge is -2.03. The molecule has 0 fully saturated rings. The number of rotatable bonds is 3. The highest BCUT2D eigenvalue weighted by Crippen LogP contribution is 2.09. The Morgan fingerprint density at radius 1 is 1.12 bits per heavy atom. The number of carbonyl (C=O) groups excluding carboxylic acids is 1. The van der Waals surface area contributed by atoms with Gasteiger partial charge in [0.1, 0.15) is 0 Å². The summed E-state index contributed by atoms with van der Waals surface area (Å²) < 4.78 is 0. The Bertz CT molecular complexity index is 546. The topological polar surface area (TPSA) is 30.0 Å². The normalized spacial score (nSPS) is 10.2. The van der Waals surface area contributed by atoms with Crippen molar-refractivity contribution in [3.8, 4) is 0 Å². The molecule has 0 spiro atoms. The molecule has 1 aromatic heterocycles. The summed E-state index contributed by atoms with van der Waals surface area (Å²) in [6.45, 7) is 3.97. The Labute approximate surface area is 101 Å². The van der Waals surface area contributed by atoms with Crippen LogP contribution in [0.15, 0.2) is 42.7 Å². The predicted octanol–water partition coefficient (Wildman–Crippen LogP) is 3.12. The van der Waals surface area contributed by atoms with Crippen molar-refractivity contribution < 1.29 is 4.79 Å². The SMILES string of the molecule is Cc1cccc(CC(=O)c2cncc(C)c2)c1. The van der Waals surface area contributed by atoms with Gasteiger partial charge in [0.15, 0.2) is 5.78 Å². The van der Waals surface area contributed by atoms with Crippen molar-refractivity contribution in [3.63, 3.8) is 0 Å². The summed E-state index contributed by atoms with van der Waals surface area (Å²) in [5.74, 6) is 0.117. The molecule has 2 nitrogen and oxygen atoms in total. The molecule has 0 unspecified atom stereocenters. The Balaban J connectivity index is 2.17. The zero-order valence-electron chi connectivity index (χ0n) is 10.1. The molecule has 0 atom stereocenters. The van der Waals surface area contributed by atoms with Crippen molar-refractivity contribution in [2.75, 3.05) is 0 Å². The van der Waals surface area contributed by atoms with E-state index in [0.717, 1.165) is 11.1 Å². The van der Waals surface area contributed by atoms with Crippen LogP contribution in [0.25, 0.3) is 0 Å². The second-order valence-corrected chi connectivity index (χ2v) is 4.34. The lowest BCUT2D eigenvalue weighted by molar-refractivity contribution is 0.0992. The monoisotopic (exact) mass is 225 g/mol. The molecule has 0 aliphatic rings. The zero-order chi connectivity index (χ0) is 12.3. The van der Waals surface area contributed by atoms with Crippen LogP contribution in [0.5, 0.6) is 0 Å². The molecule has 0 N–H and O–H groups in total. The summed E-state index contributed by atoms with van der Waals surface area (Å²) in [5, 5.41) is 0. The number of ketones is 1. The summed E-state index contributed by atoms with van der Waals surface area (Å²) in [4.78, 5) is 16.1. The lowest BCUT2D eigenvalue weighted by Crippen LogP contribution is -2.04. The van der Waals surface area contributed by atoms with Crippen molar-refractivity contribution in [1.82, 2.24) is 4.98 Å². The largest absolute Gasteiger partial charge is 0.294 e. The third-order valence-electron chi connectivity index (χ3n) is 2.64. The van der Waals surface area contributed by atoms with Gasteiger partial charge in [-0.15, -0.1) is 0 Å². The molecule has 0 aliphatic heterocycles. The number of carbonyl (C=O) groups is 1. The third kappa shape index (κ3) is 3.00. The Morgan fingerprint density at radius 2 is 1.94 bits per heavy atom. The van der Waals surface area contributed by atoms with Gasteiger partial charge < -0.3 is 0 Å². The molecule has 0 saturated carbocycles. The molecule has 0 saturated heterocycles. The summed E-state index contributed by atoms with van der Waals surface area (Å²) in [7, 11) is 0. The van der Waals surface area contributed by atoms with E-state index in [2.05, 4.69) is 4.98 Å². The first-order chi connectivity index (χ1) is 8.15. The molecule has 1 heterocycles. The average molecular weight is 225 g/mol. The molecule has 1 aromatic carbocycles. The van der Waals surface area contributed by atoms with Gasteiger partial charge in [0, 0.05) is 24.4 Å². The summed E-state index contributed by atoms with van der Waals surface area (Å²) >= 11 is 0. The van der Waals surface area contributed by atoms with E-state index in [0.29, 0.717) is 12.0 Å². The highest BCUT2D eigenvalue weighted by molar-refractivity contribution is 5.97.